The van der Waals surface area contributed by atoms with Gasteiger partial charge >= 0.3 is 0 Å². The van der Waals surface area contributed by atoms with E-state index in [1.807, 2.05) is 53.4 Å². The Labute approximate surface area is 149 Å². The Balaban J connectivity index is 1.52. The van der Waals surface area contributed by atoms with Crippen molar-refractivity contribution in [2.45, 2.75) is 6.54 Å². The quantitative estimate of drug-likeness (QED) is 0.726. The van der Waals surface area contributed by atoms with Crippen molar-refractivity contribution in [1.82, 2.24) is 8.86 Å². The summed E-state index contributed by atoms with van der Waals surface area (Å²) >= 11 is 1.47. The predicted molar refractivity (Wildman–Crippen MR) is 98.4 cm³/mol. The van der Waals surface area contributed by atoms with Gasteiger partial charge in [-0.25, -0.2) is 0 Å². The Kier molecular flexibility index (Phi) is 4.38. The Hall–Kier alpha value is -2.44. The standard InChI is InChI=1S/C19H18N2O3S/c22-18(20-9-11-24-12-10-20)15-7-5-14(6-8-15)13-21-19(23)16-3-1-2-4-17(16)25-21/h1-8H,9-13H2. The zero-order valence-electron chi connectivity index (χ0n) is 13.7. The molecule has 4 rings (SSSR count). The van der Waals surface area contributed by atoms with E-state index in [2.05, 4.69) is 0 Å². The van der Waals surface area contributed by atoms with Crippen LogP contribution in [-0.4, -0.2) is 41.1 Å². The average molecular weight is 354 g/mol. The molecule has 3 aromatic rings. The second-order valence-electron chi connectivity index (χ2n) is 6.03. The van der Waals surface area contributed by atoms with E-state index < -0.39 is 0 Å². The number of ether oxygens (including phenoxy) is 1. The lowest BCUT2D eigenvalue weighted by atomic mass is 10.1. The number of benzene rings is 2. The van der Waals surface area contributed by atoms with Crippen molar-refractivity contribution in [3.8, 4) is 0 Å². The van der Waals surface area contributed by atoms with Gasteiger partial charge in [0.15, 0.2) is 0 Å². The van der Waals surface area contributed by atoms with Crippen LogP contribution in [0.1, 0.15) is 15.9 Å². The van der Waals surface area contributed by atoms with Gasteiger partial charge in [-0.2, -0.15) is 0 Å². The normalized spacial score (nSPS) is 14.8. The van der Waals surface area contributed by atoms with E-state index in [-0.39, 0.29) is 11.5 Å². The molecule has 128 valence electrons. The molecule has 0 aliphatic carbocycles. The van der Waals surface area contributed by atoms with Gasteiger partial charge < -0.3 is 9.64 Å². The molecule has 1 aliphatic heterocycles. The van der Waals surface area contributed by atoms with Crippen molar-refractivity contribution in [3.05, 3.63) is 70.0 Å². The number of rotatable bonds is 3. The molecule has 0 radical (unpaired) electrons. The molecule has 6 heteroatoms. The van der Waals surface area contributed by atoms with Crippen molar-refractivity contribution in [2.75, 3.05) is 26.3 Å². The monoisotopic (exact) mass is 354 g/mol. The first-order valence-corrected chi connectivity index (χ1v) is 9.04. The summed E-state index contributed by atoms with van der Waals surface area (Å²) in [4.78, 5) is 26.7. The molecule has 0 saturated carbocycles. The van der Waals surface area contributed by atoms with Crippen LogP contribution in [0.25, 0.3) is 10.1 Å². The minimum Gasteiger partial charge on any atom is -0.378 e. The zero-order chi connectivity index (χ0) is 17.2. The van der Waals surface area contributed by atoms with Crippen molar-refractivity contribution < 1.29 is 9.53 Å². The molecule has 0 atom stereocenters. The summed E-state index contributed by atoms with van der Waals surface area (Å²) < 4.78 is 8.03. The van der Waals surface area contributed by atoms with Crippen LogP contribution in [0.5, 0.6) is 0 Å². The fourth-order valence-corrected chi connectivity index (χ4v) is 4.01. The Morgan fingerprint density at radius 1 is 1.04 bits per heavy atom. The fraction of sp³-hybridized carbons (Fsp3) is 0.263. The Morgan fingerprint density at radius 3 is 2.48 bits per heavy atom. The van der Waals surface area contributed by atoms with E-state index in [4.69, 9.17) is 4.74 Å². The van der Waals surface area contributed by atoms with Crippen LogP contribution in [0.4, 0.5) is 0 Å². The first-order valence-electron chi connectivity index (χ1n) is 8.27. The molecule has 0 spiro atoms. The maximum absolute atomic E-state index is 12.5. The number of fused-ring (bicyclic) bond motifs is 1. The Morgan fingerprint density at radius 2 is 1.76 bits per heavy atom. The van der Waals surface area contributed by atoms with Crippen LogP contribution in [0.3, 0.4) is 0 Å². The van der Waals surface area contributed by atoms with Gasteiger partial charge in [-0.15, -0.1) is 0 Å². The SMILES string of the molecule is O=C(c1ccc(Cn2sc3ccccc3c2=O)cc1)N1CCOCC1. The van der Waals surface area contributed by atoms with Crippen LogP contribution in [0, 0.1) is 0 Å². The zero-order valence-corrected chi connectivity index (χ0v) is 14.5. The molecule has 2 aromatic carbocycles. The molecule has 1 saturated heterocycles. The van der Waals surface area contributed by atoms with Gasteiger partial charge in [-0.3, -0.25) is 13.5 Å². The summed E-state index contributed by atoms with van der Waals surface area (Å²) in [7, 11) is 0. The lowest BCUT2D eigenvalue weighted by molar-refractivity contribution is 0.0303. The number of carbonyl (C=O) groups is 1. The minimum atomic E-state index is 0.0360. The number of amides is 1. The summed E-state index contributed by atoms with van der Waals surface area (Å²) in [5.41, 5.74) is 1.72. The van der Waals surface area contributed by atoms with Crippen molar-refractivity contribution in [1.29, 1.82) is 0 Å². The van der Waals surface area contributed by atoms with Gasteiger partial charge in [0.05, 0.1) is 29.8 Å². The molecule has 0 N–H and O–H groups in total. The lowest BCUT2D eigenvalue weighted by Gasteiger charge is -2.26. The number of aromatic nitrogens is 1. The number of morpholine rings is 1. The smallest absolute Gasteiger partial charge is 0.268 e. The number of carbonyl (C=O) groups excluding carboxylic acids is 1. The highest BCUT2D eigenvalue weighted by Gasteiger charge is 2.18. The second kappa shape index (κ2) is 6.82. The summed E-state index contributed by atoms with van der Waals surface area (Å²) in [6, 6.07) is 15.2. The molecular weight excluding hydrogens is 336 g/mol. The minimum absolute atomic E-state index is 0.0360. The van der Waals surface area contributed by atoms with E-state index in [0.29, 0.717) is 38.4 Å². The lowest BCUT2D eigenvalue weighted by Crippen LogP contribution is -2.40. The molecule has 0 bridgehead atoms. The van der Waals surface area contributed by atoms with Crippen molar-refractivity contribution in [2.24, 2.45) is 0 Å². The van der Waals surface area contributed by atoms with E-state index in [0.717, 1.165) is 15.6 Å². The van der Waals surface area contributed by atoms with E-state index in [9.17, 15) is 9.59 Å². The van der Waals surface area contributed by atoms with Crippen LogP contribution in [0.2, 0.25) is 0 Å². The summed E-state index contributed by atoms with van der Waals surface area (Å²) in [5, 5.41) is 0.756. The highest BCUT2D eigenvalue weighted by Crippen LogP contribution is 2.17. The van der Waals surface area contributed by atoms with Crippen LogP contribution in [0.15, 0.2) is 53.3 Å². The molecule has 5 nitrogen and oxygen atoms in total. The van der Waals surface area contributed by atoms with Gasteiger partial charge in [0.1, 0.15) is 0 Å². The summed E-state index contributed by atoms with van der Waals surface area (Å²) in [6.07, 6.45) is 0. The maximum atomic E-state index is 12.5. The molecular formula is C19H18N2O3S. The largest absolute Gasteiger partial charge is 0.378 e. The Bertz CT molecular complexity index is 953. The molecule has 0 unspecified atom stereocenters. The number of nitrogens with zero attached hydrogens (tertiary/aromatic N) is 2. The highest BCUT2D eigenvalue weighted by atomic mass is 32.1. The summed E-state index contributed by atoms with van der Waals surface area (Å²) in [6.45, 7) is 2.98. The van der Waals surface area contributed by atoms with Gasteiger partial charge in [0, 0.05) is 18.7 Å². The van der Waals surface area contributed by atoms with Gasteiger partial charge in [-0.1, -0.05) is 35.8 Å². The van der Waals surface area contributed by atoms with Crippen molar-refractivity contribution >= 4 is 27.5 Å². The van der Waals surface area contributed by atoms with Crippen LogP contribution in [-0.2, 0) is 11.3 Å². The predicted octanol–water partition coefficient (Wildman–Crippen LogP) is 2.58. The summed E-state index contributed by atoms with van der Waals surface area (Å²) in [5.74, 6) is 0.0360. The van der Waals surface area contributed by atoms with E-state index >= 15 is 0 Å². The molecule has 1 amide bonds. The van der Waals surface area contributed by atoms with E-state index in [1.54, 1.807) is 3.96 Å². The third-order valence-electron chi connectivity index (χ3n) is 4.38. The highest BCUT2D eigenvalue weighted by molar-refractivity contribution is 7.13. The van der Waals surface area contributed by atoms with Gasteiger partial charge in [-0.05, 0) is 29.8 Å². The molecule has 2 heterocycles. The average Bonchev–Trinajstić information content (AvgIpc) is 2.98. The topological polar surface area (TPSA) is 51.5 Å². The first-order chi connectivity index (χ1) is 12.2. The second-order valence-corrected chi connectivity index (χ2v) is 7.09. The molecule has 1 fully saturated rings. The molecule has 1 aromatic heterocycles. The van der Waals surface area contributed by atoms with Crippen molar-refractivity contribution in [3.63, 3.8) is 0 Å². The van der Waals surface area contributed by atoms with Crippen LogP contribution < -0.4 is 5.56 Å². The maximum Gasteiger partial charge on any atom is 0.268 e. The number of hydrogen-bond acceptors (Lipinski definition) is 4. The van der Waals surface area contributed by atoms with Gasteiger partial charge in [0.2, 0.25) is 0 Å². The third-order valence-corrected chi connectivity index (χ3v) is 5.45. The van der Waals surface area contributed by atoms with Gasteiger partial charge in [0.25, 0.3) is 11.5 Å². The molecule has 25 heavy (non-hydrogen) atoms. The molecule has 1 aliphatic rings. The fourth-order valence-electron chi connectivity index (χ4n) is 2.99. The van der Waals surface area contributed by atoms with E-state index in [1.165, 1.54) is 11.5 Å². The number of hydrogen-bond donors (Lipinski definition) is 0. The third kappa shape index (κ3) is 3.23. The first kappa shape index (κ1) is 16.1. The van der Waals surface area contributed by atoms with Crippen LogP contribution >= 0.6 is 11.5 Å².